The number of carbonyl (C=O) groups is 2. The maximum Gasteiger partial charge on any atom is 0.251 e. The Morgan fingerprint density at radius 1 is 1.03 bits per heavy atom. The molecule has 0 radical (unpaired) electrons. The smallest absolute Gasteiger partial charge is 0.251 e. The topological polar surface area (TPSA) is 70.7 Å². The second kappa shape index (κ2) is 11.3. The Morgan fingerprint density at radius 3 is 2.61 bits per heavy atom. The lowest BCUT2D eigenvalue weighted by Gasteiger charge is -2.22. The summed E-state index contributed by atoms with van der Waals surface area (Å²) in [6, 6.07) is 18.9. The number of amides is 2. The van der Waals surface area contributed by atoms with Gasteiger partial charge in [0.2, 0.25) is 5.91 Å². The van der Waals surface area contributed by atoms with E-state index >= 15 is 0 Å². The molecule has 2 N–H and O–H groups in total. The van der Waals surface area contributed by atoms with E-state index in [1.54, 1.807) is 42.7 Å². The SMILES string of the molecule is CCNC(=O)c1cccc(NC(=O)CN(Cc2cccs2)Cc2ccccc2OC)c1. The van der Waals surface area contributed by atoms with Gasteiger partial charge in [-0.25, -0.2) is 0 Å². The Kier molecular flexibility index (Phi) is 8.20. The number of anilines is 1. The first kappa shape index (κ1) is 22.5. The van der Waals surface area contributed by atoms with Crippen LogP contribution in [0.5, 0.6) is 5.75 Å². The predicted octanol–water partition coefficient (Wildman–Crippen LogP) is 4.15. The summed E-state index contributed by atoms with van der Waals surface area (Å²) in [5.41, 5.74) is 2.14. The number of carbonyl (C=O) groups excluding carboxylic acids is 2. The van der Waals surface area contributed by atoms with Crippen molar-refractivity contribution >= 4 is 28.8 Å². The zero-order chi connectivity index (χ0) is 22.1. The molecule has 0 aliphatic rings. The molecule has 0 saturated carbocycles. The Labute approximate surface area is 186 Å². The molecular weight excluding hydrogens is 410 g/mol. The highest BCUT2D eigenvalue weighted by Crippen LogP contribution is 2.21. The fourth-order valence-electron chi connectivity index (χ4n) is 3.27. The zero-order valence-corrected chi connectivity index (χ0v) is 18.6. The average molecular weight is 438 g/mol. The van der Waals surface area contributed by atoms with Crippen LogP contribution in [0.2, 0.25) is 0 Å². The first-order valence-corrected chi connectivity index (χ1v) is 11.0. The largest absolute Gasteiger partial charge is 0.496 e. The van der Waals surface area contributed by atoms with Crippen LogP contribution in [0.15, 0.2) is 66.0 Å². The van der Waals surface area contributed by atoms with Gasteiger partial charge in [-0.1, -0.05) is 30.3 Å². The highest BCUT2D eigenvalue weighted by atomic mass is 32.1. The van der Waals surface area contributed by atoms with E-state index in [1.165, 1.54) is 4.88 Å². The number of ether oxygens (including phenoxy) is 1. The van der Waals surface area contributed by atoms with Crippen LogP contribution in [0.4, 0.5) is 5.69 Å². The lowest BCUT2D eigenvalue weighted by Crippen LogP contribution is -2.32. The normalized spacial score (nSPS) is 10.7. The van der Waals surface area contributed by atoms with Crippen molar-refractivity contribution in [3.8, 4) is 5.75 Å². The lowest BCUT2D eigenvalue weighted by atomic mass is 10.1. The van der Waals surface area contributed by atoms with Crippen molar-refractivity contribution in [2.45, 2.75) is 20.0 Å². The monoisotopic (exact) mass is 437 g/mol. The third-order valence-corrected chi connectivity index (χ3v) is 5.52. The van der Waals surface area contributed by atoms with Crippen molar-refractivity contribution in [1.82, 2.24) is 10.2 Å². The van der Waals surface area contributed by atoms with E-state index in [9.17, 15) is 9.59 Å². The molecule has 3 aromatic rings. The summed E-state index contributed by atoms with van der Waals surface area (Å²) in [5.74, 6) is 0.502. The summed E-state index contributed by atoms with van der Waals surface area (Å²) >= 11 is 1.66. The molecule has 0 spiro atoms. The molecule has 0 aliphatic heterocycles. The lowest BCUT2D eigenvalue weighted by molar-refractivity contribution is -0.117. The van der Waals surface area contributed by atoms with E-state index in [0.29, 0.717) is 30.9 Å². The van der Waals surface area contributed by atoms with Crippen molar-refractivity contribution < 1.29 is 14.3 Å². The third kappa shape index (κ3) is 6.67. The number of para-hydroxylation sites is 1. The van der Waals surface area contributed by atoms with Crippen molar-refractivity contribution in [2.75, 3.05) is 25.5 Å². The standard InChI is InChI=1S/C24H27N3O3S/c1-3-25-24(29)18-9-6-10-20(14-18)26-23(28)17-27(16-21-11-7-13-31-21)15-19-8-4-5-12-22(19)30-2/h4-14H,3,15-17H2,1-2H3,(H,25,29)(H,26,28). The Balaban J connectivity index is 1.71. The van der Waals surface area contributed by atoms with E-state index in [4.69, 9.17) is 4.74 Å². The molecule has 0 fully saturated rings. The van der Waals surface area contributed by atoms with Crippen LogP contribution in [-0.2, 0) is 17.9 Å². The zero-order valence-electron chi connectivity index (χ0n) is 17.8. The van der Waals surface area contributed by atoms with Gasteiger partial charge in [0.15, 0.2) is 0 Å². The molecule has 162 valence electrons. The minimum atomic E-state index is -0.158. The minimum Gasteiger partial charge on any atom is -0.496 e. The molecule has 1 heterocycles. The molecule has 0 atom stereocenters. The number of hydrogen-bond donors (Lipinski definition) is 2. The van der Waals surface area contributed by atoms with Gasteiger partial charge < -0.3 is 15.4 Å². The minimum absolute atomic E-state index is 0.139. The van der Waals surface area contributed by atoms with Crippen molar-refractivity contribution in [3.05, 3.63) is 82.0 Å². The fraction of sp³-hybridized carbons (Fsp3) is 0.250. The molecule has 0 aliphatic carbocycles. The number of benzene rings is 2. The molecule has 0 saturated heterocycles. The first-order valence-electron chi connectivity index (χ1n) is 10.1. The van der Waals surface area contributed by atoms with Crippen LogP contribution >= 0.6 is 11.3 Å². The third-order valence-electron chi connectivity index (χ3n) is 4.66. The second-order valence-corrected chi connectivity index (χ2v) is 8.06. The van der Waals surface area contributed by atoms with Gasteiger partial charge in [0.1, 0.15) is 5.75 Å². The van der Waals surface area contributed by atoms with Crippen molar-refractivity contribution in [3.63, 3.8) is 0 Å². The van der Waals surface area contributed by atoms with Crippen molar-refractivity contribution in [2.24, 2.45) is 0 Å². The second-order valence-electron chi connectivity index (χ2n) is 7.02. The van der Waals surface area contributed by atoms with E-state index < -0.39 is 0 Å². The van der Waals surface area contributed by atoms with Gasteiger partial charge in [-0.3, -0.25) is 14.5 Å². The van der Waals surface area contributed by atoms with Gasteiger partial charge in [0.05, 0.1) is 13.7 Å². The van der Waals surface area contributed by atoms with E-state index in [-0.39, 0.29) is 18.4 Å². The predicted molar refractivity (Wildman–Crippen MR) is 125 cm³/mol. The quantitative estimate of drug-likeness (QED) is 0.500. The number of nitrogens with one attached hydrogen (secondary N) is 2. The molecule has 0 bridgehead atoms. The summed E-state index contributed by atoms with van der Waals surface area (Å²) in [6.07, 6.45) is 0. The highest BCUT2D eigenvalue weighted by molar-refractivity contribution is 7.09. The number of rotatable bonds is 10. The Bertz CT molecular complexity index is 1000. The molecule has 2 amide bonds. The summed E-state index contributed by atoms with van der Waals surface area (Å²) in [4.78, 5) is 28.1. The summed E-state index contributed by atoms with van der Waals surface area (Å²) < 4.78 is 5.48. The Morgan fingerprint density at radius 2 is 1.87 bits per heavy atom. The number of nitrogens with zero attached hydrogens (tertiary/aromatic N) is 1. The molecule has 31 heavy (non-hydrogen) atoms. The molecule has 2 aromatic carbocycles. The fourth-order valence-corrected chi connectivity index (χ4v) is 4.02. The van der Waals surface area contributed by atoms with Gasteiger partial charge in [-0.05, 0) is 42.6 Å². The van der Waals surface area contributed by atoms with Crippen LogP contribution < -0.4 is 15.4 Å². The van der Waals surface area contributed by atoms with Crippen molar-refractivity contribution in [1.29, 1.82) is 0 Å². The van der Waals surface area contributed by atoms with Gasteiger partial charge in [-0.2, -0.15) is 0 Å². The highest BCUT2D eigenvalue weighted by Gasteiger charge is 2.15. The molecular formula is C24H27N3O3S. The molecule has 3 rings (SSSR count). The van der Waals surface area contributed by atoms with Crippen LogP contribution in [0, 0.1) is 0 Å². The van der Waals surface area contributed by atoms with Gasteiger partial charge in [-0.15, -0.1) is 11.3 Å². The van der Waals surface area contributed by atoms with Gasteiger partial charge in [0, 0.05) is 41.3 Å². The van der Waals surface area contributed by atoms with Gasteiger partial charge >= 0.3 is 0 Å². The van der Waals surface area contributed by atoms with E-state index in [0.717, 1.165) is 11.3 Å². The van der Waals surface area contributed by atoms with E-state index in [2.05, 4.69) is 21.6 Å². The van der Waals surface area contributed by atoms with Crippen LogP contribution in [0.3, 0.4) is 0 Å². The Hall–Kier alpha value is -3.16. The molecule has 6 nitrogen and oxygen atoms in total. The van der Waals surface area contributed by atoms with Crippen LogP contribution in [-0.4, -0.2) is 36.9 Å². The summed E-state index contributed by atoms with van der Waals surface area (Å²) in [7, 11) is 1.65. The summed E-state index contributed by atoms with van der Waals surface area (Å²) in [6.45, 7) is 3.86. The van der Waals surface area contributed by atoms with Gasteiger partial charge in [0.25, 0.3) is 5.91 Å². The number of hydrogen-bond acceptors (Lipinski definition) is 5. The molecule has 7 heteroatoms. The molecule has 1 aromatic heterocycles. The summed E-state index contributed by atoms with van der Waals surface area (Å²) in [5, 5.41) is 7.71. The molecule has 0 unspecified atom stereocenters. The first-order chi connectivity index (χ1) is 15.1. The average Bonchev–Trinajstić information content (AvgIpc) is 3.27. The van der Waals surface area contributed by atoms with Crippen LogP contribution in [0.25, 0.3) is 0 Å². The van der Waals surface area contributed by atoms with Crippen LogP contribution in [0.1, 0.15) is 27.7 Å². The maximum atomic E-state index is 12.8. The number of thiophene rings is 1. The maximum absolute atomic E-state index is 12.8. The van der Waals surface area contributed by atoms with E-state index in [1.807, 2.05) is 42.6 Å². The number of methoxy groups -OCH3 is 1.